The minimum Gasteiger partial charge on any atom is -0.444 e. The van der Waals surface area contributed by atoms with Crippen LogP contribution >= 0.6 is 23.4 Å². The fourth-order valence-corrected chi connectivity index (χ4v) is 4.17. The zero-order chi connectivity index (χ0) is 26.3. The first-order valence-corrected chi connectivity index (χ1v) is 13.5. The normalized spacial score (nSPS) is 12.4. The summed E-state index contributed by atoms with van der Waals surface area (Å²) in [5.41, 5.74) is 0.373. The summed E-state index contributed by atoms with van der Waals surface area (Å²) in [6.07, 6.45) is 7.68. The Morgan fingerprint density at radius 2 is 1.94 bits per heavy atom. The van der Waals surface area contributed by atoms with Gasteiger partial charge in [-0.3, -0.25) is 4.57 Å². The summed E-state index contributed by atoms with van der Waals surface area (Å²) in [6, 6.07) is 9.34. The number of imidazole rings is 1. The van der Waals surface area contributed by atoms with E-state index in [0.29, 0.717) is 35.0 Å². The molecule has 0 radical (unpaired) electrons. The summed E-state index contributed by atoms with van der Waals surface area (Å²) < 4.78 is 7.60. The van der Waals surface area contributed by atoms with Crippen LogP contribution in [0.15, 0.2) is 54.2 Å². The molecular formula is C26H35ClN6O2S. The highest BCUT2D eigenvalue weighted by atomic mass is 35.5. The van der Waals surface area contributed by atoms with Gasteiger partial charge in [0.25, 0.3) is 0 Å². The minimum absolute atomic E-state index is 0.0648. The number of nitrogens with zero attached hydrogens (tertiary/aromatic N) is 5. The molecule has 0 aliphatic rings. The molecular weight excluding hydrogens is 496 g/mol. The predicted octanol–water partition coefficient (Wildman–Crippen LogP) is 6.30. The van der Waals surface area contributed by atoms with Crippen molar-refractivity contribution in [3.8, 4) is 5.82 Å². The number of ether oxygens (including phenoxy) is 1. The zero-order valence-electron chi connectivity index (χ0n) is 21.7. The molecule has 1 N–H and O–H groups in total. The van der Waals surface area contributed by atoms with Crippen LogP contribution in [0, 0.1) is 5.92 Å². The van der Waals surface area contributed by atoms with Crippen LogP contribution in [0.3, 0.4) is 0 Å². The van der Waals surface area contributed by atoms with Crippen molar-refractivity contribution in [3.05, 3.63) is 59.6 Å². The molecule has 1 aromatic carbocycles. The number of rotatable bonds is 10. The lowest BCUT2D eigenvalue weighted by Crippen LogP contribution is -2.43. The molecule has 3 rings (SSSR count). The van der Waals surface area contributed by atoms with Crippen molar-refractivity contribution in [2.75, 3.05) is 18.1 Å². The number of benzene rings is 1. The molecule has 0 unspecified atom stereocenters. The van der Waals surface area contributed by atoms with E-state index in [1.165, 1.54) is 11.8 Å². The van der Waals surface area contributed by atoms with Crippen molar-refractivity contribution in [1.82, 2.24) is 24.4 Å². The SMILES string of the molecule is CSc1nc(N[C@H](CC(C)C)CN(Cc2ccc(Cl)cc2)C(=O)OC(C)(C)C)cc(-n2ccnc2)n1. The van der Waals surface area contributed by atoms with Crippen molar-refractivity contribution in [2.45, 2.75) is 64.4 Å². The average Bonchev–Trinajstić information content (AvgIpc) is 3.33. The van der Waals surface area contributed by atoms with Crippen LogP contribution < -0.4 is 5.32 Å². The number of carbonyl (C=O) groups excluding carboxylic acids is 1. The number of halogens is 1. The molecule has 0 saturated carbocycles. The van der Waals surface area contributed by atoms with Gasteiger partial charge in [0.2, 0.25) is 0 Å². The Morgan fingerprint density at radius 3 is 2.53 bits per heavy atom. The minimum atomic E-state index is -0.601. The lowest BCUT2D eigenvalue weighted by molar-refractivity contribution is 0.0222. The van der Waals surface area contributed by atoms with Crippen molar-refractivity contribution in [3.63, 3.8) is 0 Å². The van der Waals surface area contributed by atoms with Gasteiger partial charge in [0.05, 0.1) is 0 Å². The molecule has 1 amide bonds. The van der Waals surface area contributed by atoms with Gasteiger partial charge in [-0.15, -0.1) is 0 Å². The van der Waals surface area contributed by atoms with Gasteiger partial charge >= 0.3 is 6.09 Å². The van der Waals surface area contributed by atoms with Crippen molar-refractivity contribution < 1.29 is 9.53 Å². The van der Waals surface area contributed by atoms with Crippen LogP contribution in [-0.2, 0) is 11.3 Å². The molecule has 194 valence electrons. The van der Waals surface area contributed by atoms with Crippen molar-refractivity contribution in [2.24, 2.45) is 5.92 Å². The maximum atomic E-state index is 13.2. The fourth-order valence-electron chi connectivity index (χ4n) is 3.67. The highest BCUT2D eigenvalue weighted by molar-refractivity contribution is 7.98. The number of nitrogens with one attached hydrogen (secondary N) is 1. The first kappa shape index (κ1) is 27.8. The van der Waals surface area contributed by atoms with E-state index in [4.69, 9.17) is 16.3 Å². The van der Waals surface area contributed by atoms with E-state index in [2.05, 4.69) is 34.1 Å². The summed E-state index contributed by atoms with van der Waals surface area (Å²) in [7, 11) is 0. The molecule has 0 aliphatic carbocycles. The molecule has 0 bridgehead atoms. The molecule has 1 atom stereocenters. The monoisotopic (exact) mass is 530 g/mol. The Morgan fingerprint density at radius 1 is 1.22 bits per heavy atom. The third-order valence-corrected chi connectivity index (χ3v) is 5.93. The van der Waals surface area contributed by atoms with Gasteiger partial charge < -0.3 is 15.0 Å². The Kier molecular flexibility index (Phi) is 9.62. The number of hydrogen-bond donors (Lipinski definition) is 1. The lowest BCUT2D eigenvalue weighted by Gasteiger charge is -2.31. The molecule has 36 heavy (non-hydrogen) atoms. The second-order valence-electron chi connectivity index (χ2n) is 10.0. The van der Waals surface area contributed by atoms with Crippen molar-refractivity contribution in [1.29, 1.82) is 0 Å². The van der Waals surface area contributed by atoms with E-state index in [-0.39, 0.29) is 12.1 Å². The Balaban J connectivity index is 1.88. The van der Waals surface area contributed by atoms with E-state index in [1.807, 2.05) is 68.1 Å². The number of amides is 1. The largest absolute Gasteiger partial charge is 0.444 e. The third-order valence-electron chi connectivity index (χ3n) is 5.13. The zero-order valence-corrected chi connectivity index (χ0v) is 23.3. The maximum absolute atomic E-state index is 13.2. The Labute approximate surface area is 222 Å². The lowest BCUT2D eigenvalue weighted by atomic mass is 10.0. The van der Waals surface area contributed by atoms with Gasteiger partial charge in [0, 0.05) is 42.6 Å². The first-order chi connectivity index (χ1) is 17.0. The first-order valence-electron chi connectivity index (χ1n) is 11.9. The highest BCUT2D eigenvalue weighted by Crippen LogP contribution is 2.21. The number of thioether (sulfide) groups is 1. The highest BCUT2D eigenvalue weighted by Gasteiger charge is 2.26. The quantitative estimate of drug-likeness (QED) is 0.243. The van der Waals surface area contributed by atoms with Crippen LogP contribution in [0.1, 0.15) is 46.6 Å². The molecule has 8 nitrogen and oxygen atoms in total. The van der Waals surface area contributed by atoms with E-state index in [9.17, 15) is 4.79 Å². The summed E-state index contributed by atoms with van der Waals surface area (Å²) in [5.74, 6) is 1.82. The summed E-state index contributed by atoms with van der Waals surface area (Å²) in [5, 5.41) is 4.87. The predicted molar refractivity (Wildman–Crippen MR) is 146 cm³/mol. The number of anilines is 1. The van der Waals surface area contributed by atoms with E-state index >= 15 is 0 Å². The van der Waals surface area contributed by atoms with Crippen molar-refractivity contribution >= 4 is 35.3 Å². The van der Waals surface area contributed by atoms with Gasteiger partial charge in [0.15, 0.2) is 5.16 Å². The van der Waals surface area contributed by atoms with Gasteiger partial charge in [-0.2, -0.15) is 0 Å². The topological polar surface area (TPSA) is 85.2 Å². The third kappa shape index (κ3) is 8.71. The van der Waals surface area contributed by atoms with E-state index < -0.39 is 5.60 Å². The molecule has 3 aromatic rings. The Bertz CT molecular complexity index is 1120. The van der Waals surface area contributed by atoms with Crippen LogP contribution in [0.2, 0.25) is 5.02 Å². The number of aromatic nitrogens is 4. The van der Waals surface area contributed by atoms with Gasteiger partial charge in [-0.05, 0) is 57.1 Å². The summed E-state index contributed by atoms with van der Waals surface area (Å²) >= 11 is 7.54. The molecule has 0 spiro atoms. The molecule has 0 aliphatic heterocycles. The van der Waals surface area contributed by atoms with Crippen LogP contribution in [0.25, 0.3) is 5.82 Å². The smallest absolute Gasteiger partial charge is 0.410 e. The summed E-state index contributed by atoms with van der Waals surface area (Å²) in [4.78, 5) is 28.4. The van der Waals surface area contributed by atoms with Crippen LogP contribution in [0.4, 0.5) is 10.6 Å². The maximum Gasteiger partial charge on any atom is 0.410 e. The Hall–Kier alpha value is -2.78. The number of hydrogen-bond acceptors (Lipinski definition) is 7. The van der Waals surface area contributed by atoms with E-state index in [0.717, 1.165) is 17.8 Å². The summed E-state index contributed by atoms with van der Waals surface area (Å²) in [6.45, 7) is 10.8. The van der Waals surface area contributed by atoms with E-state index in [1.54, 1.807) is 17.4 Å². The molecule has 0 fully saturated rings. The second-order valence-corrected chi connectivity index (χ2v) is 11.2. The number of carbonyl (C=O) groups is 1. The van der Waals surface area contributed by atoms with Crippen LogP contribution in [-0.4, -0.2) is 55.0 Å². The van der Waals surface area contributed by atoms with Gasteiger partial charge in [-0.25, -0.2) is 19.7 Å². The second kappa shape index (κ2) is 12.5. The van der Waals surface area contributed by atoms with Gasteiger partial charge in [-0.1, -0.05) is 49.3 Å². The standard InChI is InChI=1S/C26H35ClN6O2S/c1-18(2)13-21(29-22-14-23(31-24(30-22)36-6)32-12-11-28-17-32)16-33(25(34)35-26(3,4)5)15-19-7-9-20(27)10-8-19/h7-12,14,17-18,21H,13,15-16H2,1-6H3,(H,29,30,31)/t21-/m1/s1. The molecule has 10 heteroatoms. The molecule has 0 saturated heterocycles. The molecule has 2 heterocycles. The average molecular weight is 531 g/mol. The molecule has 2 aromatic heterocycles. The fraction of sp³-hybridized carbons (Fsp3) is 0.462. The van der Waals surface area contributed by atoms with Crippen LogP contribution in [0.5, 0.6) is 0 Å². The van der Waals surface area contributed by atoms with Gasteiger partial charge in [0.1, 0.15) is 23.6 Å².